The molecule has 19 heavy (non-hydrogen) atoms. The van der Waals surface area contributed by atoms with Gasteiger partial charge in [-0.15, -0.1) is 0 Å². The van der Waals surface area contributed by atoms with Gasteiger partial charge in [0.2, 0.25) is 5.91 Å². The molecule has 1 aromatic rings. The standard InChI is InChI=1S/C15H20N2O2/c16-15(18)12-4-2-1-3-11(12)9-17-13-7-8-19-14(13)10-5-6-10/h1-4,10,13-14,17H,5-9H2,(H2,16,18). The van der Waals surface area contributed by atoms with E-state index < -0.39 is 0 Å². The average Bonchev–Trinajstić information content (AvgIpc) is 3.15. The second-order valence-corrected chi connectivity index (χ2v) is 5.47. The molecule has 102 valence electrons. The lowest BCUT2D eigenvalue weighted by molar-refractivity contribution is 0.0808. The third-order valence-electron chi connectivity index (χ3n) is 4.06. The first-order valence-corrected chi connectivity index (χ1v) is 6.98. The first-order chi connectivity index (χ1) is 9.25. The molecule has 2 fully saturated rings. The molecular weight excluding hydrogens is 240 g/mol. The maximum absolute atomic E-state index is 11.4. The number of ether oxygens (including phenoxy) is 1. The van der Waals surface area contributed by atoms with Crippen LogP contribution in [0.1, 0.15) is 35.2 Å². The Morgan fingerprint density at radius 2 is 2.11 bits per heavy atom. The summed E-state index contributed by atoms with van der Waals surface area (Å²) in [7, 11) is 0. The van der Waals surface area contributed by atoms with Crippen LogP contribution in [-0.2, 0) is 11.3 Å². The van der Waals surface area contributed by atoms with E-state index in [9.17, 15) is 4.79 Å². The van der Waals surface area contributed by atoms with Gasteiger partial charge in [0.1, 0.15) is 0 Å². The van der Waals surface area contributed by atoms with Crippen molar-refractivity contribution in [2.45, 2.75) is 38.0 Å². The molecule has 0 radical (unpaired) electrons. The maximum atomic E-state index is 11.4. The second-order valence-electron chi connectivity index (χ2n) is 5.47. The van der Waals surface area contributed by atoms with Gasteiger partial charge in [0.05, 0.1) is 6.10 Å². The van der Waals surface area contributed by atoms with E-state index in [1.54, 1.807) is 6.07 Å². The zero-order valence-electron chi connectivity index (χ0n) is 11.0. The normalized spacial score (nSPS) is 26.5. The molecule has 1 aliphatic carbocycles. The number of rotatable bonds is 5. The number of carbonyl (C=O) groups is 1. The molecule has 0 aromatic heterocycles. The molecule has 1 saturated carbocycles. The highest BCUT2D eigenvalue weighted by Gasteiger charge is 2.40. The third kappa shape index (κ3) is 2.80. The minimum atomic E-state index is -0.362. The lowest BCUT2D eigenvalue weighted by Gasteiger charge is -2.20. The Kier molecular flexibility index (Phi) is 3.53. The van der Waals surface area contributed by atoms with Gasteiger partial charge in [-0.2, -0.15) is 0 Å². The molecule has 4 nitrogen and oxygen atoms in total. The number of carbonyl (C=O) groups excluding carboxylic acids is 1. The lowest BCUT2D eigenvalue weighted by atomic mass is 10.0. The zero-order valence-corrected chi connectivity index (χ0v) is 11.0. The van der Waals surface area contributed by atoms with Crippen LogP contribution in [0, 0.1) is 5.92 Å². The van der Waals surface area contributed by atoms with Gasteiger partial charge in [-0.3, -0.25) is 4.79 Å². The molecule has 0 bridgehead atoms. The van der Waals surface area contributed by atoms with Crippen molar-refractivity contribution in [2.75, 3.05) is 6.61 Å². The molecule has 4 heteroatoms. The number of primary amides is 1. The van der Waals surface area contributed by atoms with Gasteiger partial charge in [-0.1, -0.05) is 18.2 Å². The van der Waals surface area contributed by atoms with Crippen molar-refractivity contribution in [1.82, 2.24) is 5.32 Å². The van der Waals surface area contributed by atoms with Crippen LogP contribution in [0.5, 0.6) is 0 Å². The molecule has 1 aromatic carbocycles. The van der Waals surface area contributed by atoms with Crippen LogP contribution in [0.3, 0.4) is 0 Å². The molecule has 3 N–H and O–H groups in total. The fraction of sp³-hybridized carbons (Fsp3) is 0.533. The highest BCUT2D eigenvalue weighted by atomic mass is 16.5. The van der Waals surface area contributed by atoms with E-state index in [4.69, 9.17) is 10.5 Å². The highest BCUT2D eigenvalue weighted by molar-refractivity contribution is 5.94. The zero-order chi connectivity index (χ0) is 13.2. The van der Waals surface area contributed by atoms with Crippen LogP contribution < -0.4 is 11.1 Å². The summed E-state index contributed by atoms with van der Waals surface area (Å²) in [6, 6.07) is 7.92. The molecule has 2 aliphatic rings. The summed E-state index contributed by atoms with van der Waals surface area (Å²) in [6.45, 7) is 1.52. The van der Waals surface area contributed by atoms with Crippen LogP contribution in [0.25, 0.3) is 0 Å². The summed E-state index contributed by atoms with van der Waals surface area (Å²) < 4.78 is 5.80. The van der Waals surface area contributed by atoms with E-state index in [0.717, 1.165) is 24.5 Å². The van der Waals surface area contributed by atoms with Gasteiger partial charge in [0.15, 0.2) is 0 Å². The fourth-order valence-electron chi connectivity index (χ4n) is 2.87. The largest absolute Gasteiger partial charge is 0.376 e. The maximum Gasteiger partial charge on any atom is 0.249 e. The Hall–Kier alpha value is -1.39. The summed E-state index contributed by atoms with van der Waals surface area (Å²) in [5.74, 6) is 0.380. The van der Waals surface area contributed by atoms with Crippen molar-refractivity contribution in [3.63, 3.8) is 0 Å². The van der Waals surface area contributed by atoms with Crippen molar-refractivity contribution >= 4 is 5.91 Å². The fourth-order valence-corrected chi connectivity index (χ4v) is 2.87. The highest BCUT2D eigenvalue weighted by Crippen LogP contribution is 2.38. The van der Waals surface area contributed by atoms with E-state index in [1.807, 2.05) is 18.2 Å². The Balaban J connectivity index is 1.64. The topological polar surface area (TPSA) is 64.4 Å². The van der Waals surface area contributed by atoms with Crippen molar-refractivity contribution < 1.29 is 9.53 Å². The summed E-state index contributed by atoms with van der Waals surface area (Å²) in [5.41, 5.74) is 6.97. The number of amides is 1. The minimum absolute atomic E-state index is 0.362. The first-order valence-electron chi connectivity index (χ1n) is 6.98. The summed E-state index contributed by atoms with van der Waals surface area (Å²) in [4.78, 5) is 11.4. The Morgan fingerprint density at radius 1 is 1.32 bits per heavy atom. The molecule has 2 atom stereocenters. The number of hydrogen-bond acceptors (Lipinski definition) is 3. The SMILES string of the molecule is NC(=O)c1ccccc1CNC1CCOC1C1CC1. The Bertz CT molecular complexity index is 471. The Morgan fingerprint density at radius 3 is 2.84 bits per heavy atom. The number of nitrogens with one attached hydrogen (secondary N) is 1. The van der Waals surface area contributed by atoms with Crippen molar-refractivity contribution in [1.29, 1.82) is 0 Å². The van der Waals surface area contributed by atoms with Gasteiger partial charge in [0.25, 0.3) is 0 Å². The molecule has 1 amide bonds. The molecular formula is C15H20N2O2. The van der Waals surface area contributed by atoms with Gasteiger partial charge >= 0.3 is 0 Å². The summed E-state index contributed by atoms with van der Waals surface area (Å²) >= 11 is 0. The first kappa shape index (κ1) is 12.6. The molecule has 0 spiro atoms. The Labute approximate surface area is 113 Å². The monoisotopic (exact) mass is 260 g/mol. The van der Waals surface area contributed by atoms with Crippen LogP contribution >= 0.6 is 0 Å². The lowest BCUT2D eigenvalue weighted by Crippen LogP contribution is -2.37. The number of hydrogen-bond donors (Lipinski definition) is 2. The van der Waals surface area contributed by atoms with E-state index in [2.05, 4.69) is 5.32 Å². The summed E-state index contributed by atoms with van der Waals surface area (Å²) in [5, 5.41) is 3.53. The van der Waals surface area contributed by atoms with Crippen molar-refractivity contribution in [2.24, 2.45) is 11.7 Å². The van der Waals surface area contributed by atoms with E-state index in [1.165, 1.54) is 12.8 Å². The van der Waals surface area contributed by atoms with Crippen LogP contribution in [0.2, 0.25) is 0 Å². The average molecular weight is 260 g/mol. The predicted octanol–water partition coefficient (Wildman–Crippen LogP) is 1.44. The second kappa shape index (κ2) is 5.31. The number of benzene rings is 1. The van der Waals surface area contributed by atoms with Crippen LogP contribution in [-0.4, -0.2) is 24.7 Å². The molecule has 2 unspecified atom stereocenters. The minimum Gasteiger partial charge on any atom is -0.376 e. The summed E-state index contributed by atoms with van der Waals surface area (Å²) in [6.07, 6.45) is 4.00. The molecule has 1 saturated heterocycles. The predicted molar refractivity (Wildman–Crippen MR) is 72.7 cm³/mol. The van der Waals surface area contributed by atoms with Gasteiger partial charge in [-0.05, 0) is 36.8 Å². The van der Waals surface area contributed by atoms with Gasteiger partial charge < -0.3 is 15.8 Å². The van der Waals surface area contributed by atoms with E-state index in [0.29, 0.717) is 24.3 Å². The molecule has 1 heterocycles. The molecule has 1 aliphatic heterocycles. The van der Waals surface area contributed by atoms with E-state index in [-0.39, 0.29) is 5.91 Å². The van der Waals surface area contributed by atoms with Crippen molar-refractivity contribution in [3.05, 3.63) is 35.4 Å². The molecule has 3 rings (SSSR count). The quantitative estimate of drug-likeness (QED) is 0.842. The van der Waals surface area contributed by atoms with Crippen LogP contribution in [0.4, 0.5) is 0 Å². The van der Waals surface area contributed by atoms with Crippen LogP contribution in [0.15, 0.2) is 24.3 Å². The smallest absolute Gasteiger partial charge is 0.249 e. The van der Waals surface area contributed by atoms with Crippen molar-refractivity contribution in [3.8, 4) is 0 Å². The number of nitrogens with two attached hydrogens (primary N) is 1. The van der Waals surface area contributed by atoms with Gasteiger partial charge in [0, 0.05) is 24.8 Å². The van der Waals surface area contributed by atoms with E-state index >= 15 is 0 Å². The third-order valence-corrected chi connectivity index (χ3v) is 4.06. The van der Waals surface area contributed by atoms with Gasteiger partial charge in [-0.25, -0.2) is 0 Å².